The van der Waals surface area contributed by atoms with Crippen molar-refractivity contribution in [1.82, 2.24) is 19.9 Å². The SMILES string of the molecule is O=S(=O)([O-])c1cccc2cc(C3=c4ccc([nH]4)=C(c4cc5cccc(S(=O)(=O)[O-])c5s4)c4ccc([nH]4)C(c4cc5cccc(S(=O)(=O)[O-])c5s4)=c4ccc([nH]4)=C(c4cc5cccc(S(=O)(=O)[O-])c5s4)c4ccc3[nH]4)sc12.[Na+].[Na+].[Na+].[Na+]. The zero-order valence-electron chi connectivity index (χ0n) is 42.0. The van der Waals surface area contributed by atoms with Crippen LogP contribution in [0.15, 0.2) is 165 Å². The van der Waals surface area contributed by atoms with Crippen molar-refractivity contribution >= 4 is 148 Å². The van der Waals surface area contributed by atoms with Gasteiger partial charge >= 0.3 is 118 Å². The molecule has 0 saturated carbocycles. The predicted molar refractivity (Wildman–Crippen MR) is 287 cm³/mol. The molecule has 28 heteroatoms. The molecule has 0 spiro atoms. The number of fused-ring (bicyclic) bond motifs is 12. The van der Waals surface area contributed by atoms with Crippen LogP contribution in [0.25, 0.3) is 62.6 Å². The van der Waals surface area contributed by atoms with Crippen molar-refractivity contribution in [3.05, 3.63) is 209 Å². The molecule has 0 fully saturated rings. The van der Waals surface area contributed by atoms with E-state index in [-0.39, 0.29) is 157 Å². The quantitative estimate of drug-likeness (QED) is 0.0821. The molecule has 1 aliphatic heterocycles. The fourth-order valence-corrected chi connectivity index (χ4v) is 18.5. The molecule has 8 bridgehead atoms. The van der Waals surface area contributed by atoms with E-state index in [1.165, 1.54) is 48.5 Å². The number of H-pyrrole nitrogens is 4. The Hall–Kier alpha value is -3.04. The van der Waals surface area contributed by atoms with Gasteiger partial charge in [-0.25, -0.2) is 33.7 Å². The molecule has 13 rings (SSSR count). The van der Waals surface area contributed by atoms with Gasteiger partial charge in [-0.15, -0.1) is 45.3 Å². The number of hydrogen-bond donors (Lipinski definition) is 4. The Bertz CT molecular complexity index is 4640. The normalized spacial score (nSPS) is 13.2. The molecule has 80 heavy (non-hydrogen) atoms. The zero-order chi connectivity index (χ0) is 52.8. The number of aromatic nitrogens is 4. The number of nitrogens with one attached hydrogen (secondary N) is 4. The van der Waals surface area contributed by atoms with Crippen molar-refractivity contribution in [3.63, 3.8) is 0 Å². The third kappa shape index (κ3) is 11.0. The standard InChI is InChI=1S/C52H32N4O12S8.4Na/c57-73(58,59)41-9-1-5-25-21-37(69-49(25)41)45-29-13-15-31(53-29)46(38-22-26-6-2-10-42(50(26)70-38)74(60,61)62)33-17-19-35(55-33)48(40-24-28-8-4-12-44(52(28)72-40)76(66,67)68)36-20-18-34(56-36)47(32-16-14-30(45)54-32)39-23-27-7-3-11-43(51(27)71-39)75(63,64)65;;;;/h1-24,53-56H,(H,57,58,59)(H,60,61,62)(H,63,64,65)(H,66,67,68);;;;/q;4*+1/p-4. The first kappa shape index (κ1) is 61.5. The van der Waals surface area contributed by atoms with E-state index in [2.05, 4.69) is 19.9 Å². The molecule has 1 aliphatic rings. The van der Waals surface area contributed by atoms with Gasteiger partial charge in [0, 0.05) is 86.0 Å². The topological polar surface area (TPSA) is 292 Å². The molecule has 0 aliphatic carbocycles. The summed E-state index contributed by atoms with van der Waals surface area (Å²) >= 11 is 4.37. The molecule has 4 aromatic carbocycles. The molecule has 0 unspecified atom stereocenters. The van der Waals surface area contributed by atoms with Crippen molar-refractivity contribution in [2.45, 2.75) is 19.6 Å². The number of benzene rings is 4. The molecule has 12 aromatic rings. The molecular formula is C52H28N4Na4O12S8. The summed E-state index contributed by atoms with van der Waals surface area (Å²) in [6.45, 7) is 0. The van der Waals surface area contributed by atoms with E-state index in [1.54, 1.807) is 48.5 Å². The van der Waals surface area contributed by atoms with Crippen molar-refractivity contribution in [2.75, 3.05) is 0 Å². The summed E-state index contributed by atoms with van der Waals surface area (Å²) in [4.78, 5) is 15.0. The van der Waals surface area contributed by atoms with Crippen molar-refractivity contribution < 1.29 is 170 Å². The number of aromatic amines is 4. The summed E-state index contributed by atoms with van der Waals surface area (Å²) in [6.07, 6.45) is 0. The van der Waals surface area contributed by atoms with E-state index >= 15 is 0 Å². The molecule has 4 N–H and O–H groups in total. The summed E-state index contributed by atoms with van der Waals surface area (Å²) in [5, 5.41) is 4.03. The fourth-order valence-electron chi connectivity index (χ4n) is 9.81. The maximum atomic E-state index is 12.6. The maximum absolute atomic E-state index is 12.6. The van der Waals surface area contributed by atoms with Gasteiger partial charge in [0.15, 0.2) is 0 Å². The second kappa shape index (κ2) is 22.8. The third-order valence-corrected chi connectivity index (χ3v) is 21.8. The summed E-state index contributed by atoms with van der Waals surface area (Å²) in [5.41, 5.74) is 4.24. The number of rotatable bonds is 8. The van der Waals surface area contributed by atoms with Gasteiger partial charge < -0.3 is 38.1 Å². The van der Waals surface area contributed by atoms with Gasteiger partial charge in [0.1, 0.15) is 40.5 Å². The Morgan fingerprint density at radius 3 is 0.700 bits per heavy atom. The maximum Gasteiger partial charge on any atom is 1.00 e. The van der Waals surface area contributed by atoms with Crippen LogP contribution >= 0.6 is 45.3 Å². The van der Waals surface area contributed by atoms with Crippen LogP contribution in [-0.4, -0.2) is 71.8 Å². The molecule has 380 valence electrons. The number of hydrogen-bond acceptors (Lipinski definition) is 16. The molecule has 0 amide bonds. The molecule has 0 radical (unpaired) electrons. The second-order valence-corrected chi connectivity index (χ2v) is 27.2. The molecule has 16 nitrogen and oxygen atoms in total. The van der Waals surface area contributed by atoms with E-state index in [9.17, 15) is 51.9 Å². The smallest absolute Gasteiger partial charge is 0.744 e. The zero-order valence-corrected chi connectivity index (χ0v) is 56.6. The monoisotopic (exact) mass is 1250 g/mol. The van der Waals surface area contributed by atoms with Gasteiger partial charge in [0.25, 0.3) is 0 Å². The Morgan fingerprint density at radius 2 is 0.500 bits per heavy atom. The first-order valence-corrected chi connectivity index (χ1v) is 31.3. The second-order valence-electron chi connectivity index (χ2n) is 17.6. The van der Waals surface area contributed by atoms with Crippen molar-refractivity contribution in [2.24, 2.45) is 0 Å². The van der Waals surface area contributed by atoms with Gasteiger partial charge in [-0.1, -0.05) is 48.5 Å². The largest absolute Gasteiger partial charge is 1.00 e. The summed E-state index contributed by atoms with van der Waals surface area (Å²) in [7, 11) is -19.6. The Balaban J connectivity index is 0.00000194. The third-order valence-electron chi connectivity index (χ3n) is 13.0. The van der Waals surface area contributed by atoms with E-state index in [0.717, 1.165) is 45.3 Å². The van der Waals surface area contributed by atoms with Gasteiger partial charge in [-0.2, -0.15) is 0 Å². The molecule has 0 atom stereocenters. The van der Waals surface area contributed by atoms with Crippen LogP contribution in [-0.2, 0) is 40.5 Å². The predicted octanol–water partition coefficient (Wildman–Crippen LogP) is -5.21. The van der Waals surface area contributed by atoms with Crippen LogP contribution in [0, 0.1) is 0 Å². The Labute approximate surface area is 559 Å². The van der Waals surface area contributed by atoms with Gasteiger partial charge in [-0.05, 0) is 119 Å². The molecule has 8 aromatic heterocycles. The molecule has 9 heterocycles. The summed E-state index contributed by atoms with van der Waals surface area (Å²) in [6, 6.07) is 39.5. The van der Waals surface area contributed by atoms with E-state index in [0.29, 0.717) is 108 Å². The minimum Gasteiger partial charge on any atom is -0.744 e. The van der Waals surface area contributed by atoms with Crippen LogP contribution in [0.2, 0.25) is 0 Å². The average Bonchev–Trinajstić information content (AvgIpc) is 4.21. The molecular weight excluding hydrogens is 1220 g/mol. The first-order chi connectivity index (χ1) is 36.2. The van der Waals surface area contributed by atoms with Crippen LogP contribution < -0.4 is 140 Å². The Kier molecular flexibility index (Phi) is 17.5. The minimum absolute atomic E-state index is 0. The van der Waals surface area contributed by atoms with E-state index < -0.39 is 40.5 Å². The Morgan fingerprint density at radius 1 is 0.287 bits per heavy atom. The minimum atomic E-state index is -4.91. The fraction of sp³-hybridized carbons (Fsp3) is 0. The van der Waals surface area contributed by atoms with E-state index in [1.807, 2.05) is 48.5 Å². The molecule has 0 saturated heterocycles. The van der Waals surface area contributed by atoms with Crippen molar-refractivity contribution in [3.8, 4) is 0 Å². The van der Waals surface area contributed by atoms with Crippen LogP contribution in [0.1, 0.15) is 42.3 Å². The van der Waals surface area contributed by atoms with Gasteiger partial charge in [0.05, 0.1) is 38.4 Å². The first-order valence-electron chi connectivity index (χ1n) is 22.4. The van der Waals surface area contributed by atoms with Gasteiger partial charge in [0.2, 0.25) is 0 Å². The average molecular weight is 1250 g/mol. The summed E-state index contributed by atoms with van der Waals surface area (Å²) in [5.74, 6) is 0. The van der Waals surface area contributed by atoms with E-state index in [4.69, 9.17) is 0 Å². The summed E-state index contributed by atoms with van der Waals surface area (Å²) < 4.78 is 152. The van der Waals surface area contributed by atoms with Crippen LogP contribution in [0.4, 0.5) is 0 Å². The van der Waals surface area contributed by atoms with Crippen LogP contribution in [0.5, 0.6) is 0 Å². The van der Waals surface area contributed by atoms with Crippen molar-refractivity contribution in [1.29, 1.82) is 0 Å². The van der Waals surface area contributed by atoms with Crippen LogP contribution in [0.3, 0.4) is 0 Å². The number of thiophene rings is 4. The van der Waals surface area contributed by atoms with Gasteiger partial charge in [-0.3, -0.25) is 0 Å².